The predicted octanol–water partition coefficient (Wildman–Crippen LogP) is 2.26. The lowest BCUT2D eigenvalue weighted by molar-refractivity contribution is -0.146. The lowest BCUT2D eigenvalue weighted by Crippen LogP contribution is -2.61. The first-order valence-electron chi connectivity index (χ1n) is 23.9. The first-order chi connectivity index (χ1) is 30.7. The second-order valence-corrected chi connectivity index (χ2v) is 19.7. The molecule has 0 aliphatic heterocycles. The summed E-state index contributed by atoms with van der Waals surface area (Å²) in [4.78, 5) is 117. The lowest BCUT2D eigenvalue weighted by atomic mass is 9.97. The van der Waals surface area contributed by atoms with Crippen molar-refractivity contribution in [2.45, 2.75) is 189 Å². The highest BCUT2D eigenvalue weighted by atomic mass is 16.5. The SMILES string of the molecule is CCCCCCCCN[C@@H](CC(C)C)C(=O)NC(C)(C)C(=O)NCC(=O)NCC(=O)N[C@@H](CC(C)C)C(=O)NC(C)(C)C(=O)NCC(=O)N[C@H](C(=O)N[C@@H](CC(C)C)C(=O)OC)[C@@H](C)CC. The summed E-state index contributed by atoms with van der Waals surface area (Å²) >= 11 is 0. The van der Waals surface area contributed by atoms with Gasteiger partial charge in [0.1, 0.15) is 29.2 Å². The monoisotopic (exact) mass is 938 g/mol. The molecular weight excluding hydrogens is 851 g/mol. The van der Waals surface area contributed by atoms with Crippen LogP contribution in [0, 0.1) is 23.7 Å². The Bertz CT molecular complexity index is 1580. The average molecular weight is 938 g/mol. The van der Waals surface area contributed by atoms with Crippen molar-refractivity contribution in [1.29, 1.82) is 0 Å². The van der Waals surface area contributed by atoms with Crippen LogP contribution >= 0.6 is 0 Å². The van der Waals surface area contributed by atoms with Crippen LogP contribution in [-0.2, 0) is 47.9 Å². The van der Waals surface area contributed by atoms with Gasteiger partial charge in [-0.25, -0.2) is 4.79 Å². The molecule has 0 aromatic rings. The largest absolute Gasteiger partial charge is 0.467 e. The first kappa shape index (κ1) is 61.2. The van der Waals surface area contributed by atoms with Crippen molar-refractivity contribution >= 4 is 53.2 Å². The zero-order valence-corrected chi connectivity index (χ0v) is 42.6. The summed E-state index contributed by atoms with van der Waals surface area (Å²) in [5.74, 6) is -5.65. The molecule has 66 heavy (non-hydrogen) atoms. The molecule has 0 heterocycles. The molecule has 0 aromatic carbocycles. The fraction of sp³-hybridized carbons (Fsp3) is 0.809. The molecule has 0 saturated carbocycles. The molecule has 0 saturated heterocycles. The second-order valence-electron chi connectivity index (χ2n) is 19.7. The summed E-state index contributed by atoms with van der Waals surface area (Å²) in [7, 11) is 1.23. The molecule has 5 atom stereocenters. The van der Waals surface area contributed by atoms with Crippen LogP contribution in [0.15, 0.2) is 0 Å². The highest BCUT2D eigenvalue weighted by Crippen LogP contribution is 2.13. The molecular formula is C47H87N9O10. The van der Waals surface area contributed by atoms with Crippen LogP contribution in [-0.4, -0.2) is 122 Å². The minimum absolute atomic E-state index is 0.0692. The summed E-state index contributed by atoms with van der Waals surface area (Å²) in [6.07, 6.45) is 8.37. The average Bonchev–Trinajstić information content (AvgIpc) is 3.22. The Balaban J connectivity index is 5.31. The van der Waals surface area contributed by atoms with Gasteiger partial charge >= 0.3 is 5.97 Å². The van der Waals surface area contributed by atoms with Crippen LogP contribution in [0.4, 0.5) is 0 Å². The van der Waals surface area contributed by atoms with E-state index in [0.29, 0.717) is 25.8 Å². The normalized spacial score (nSPS) is 14.0. The quantitative estimate of drug-likeness (QED) is 0.0340. The molecule has 380 valence electrons. The van der Waals surface area contributed by atoms with Gasteiger partial charge in [0.25, 0.3) is 0 Å². The van der Waals surface area contributed by atoms with E-state index in [9.17, 15) is 43.2 Å². The molecule has 0 aliphatic rings. The van der Waals surface area contributed by atoms with Gasteiger partial charge in [0.2, 0.25) is 47.3 Å². The second kappa shape index (κ2) is 31.2. The maximum atomic E-state index is 13.5. The molecule has 0 rings (SSSR count). The van der Waals surface area contributed by atoms with E-state index in [2.05, 4.69) is 54.8 Å². The molecule has 0 aliphatic carbocycles. The van der Waals surface area contributed by atoms with Crippen molar-refractivity contribution in [3.63, 3.8) is 0 Å². The van der Waals surface area contributed by atoms with Gasteiger partial charge in [0, 0.05) is 0 Å². The van der Waals surface area contributed by atoms with Crippen LogP contribution in [0.1, 0.15) is 154 Å². The smallest absolute Gasteiger partial charge is 0.328 e. The number of nitrogens with one attached hydrogen (secondary N) is 9. The number of amides is 8. The van der Waals surface area contributed by atoms with E-state index in [1.165, 1.54) is 40.2 Å². The number of unbranched alkanes of at least 4 members (excludes halogenated alkanes) is 5. The third-order valence-electron chi connectivity index (χ3n) is 10.9. The van der Waals surface area contributed by atoms with Gasteiger partial charge in [-0.1, -0.05) is 101 Å². The molecule has 19 nitrogen and oxygen atoms in total. The van der Waals surface area contributed by atoms with Crippen LogP contribution in [0.3, 0.4) is 0 Å². The van der Waals surface area contributed by atoms with Crippen molar-refractivity contribution in [1.82, 2.24) is 47.9 Å². The summed E-state index contributed by atoms with van der Waals surface area (Å²) in [6, 6.07) is -3.52. The minimum Gasteiger partial charge on any atom is -0.467 e. The number of carbonyl (C=O) groups excluding carboxylic acids is 9. The molecule has 0 unspecified atom stereocenters. The predicted molar refractivity (Wildman–Crippen MR) is 254 cm³/mol. The minimum atomic E-state index is -1.56. The molecule has 0 radical (unpaired) electrons. The van der Waals surface area contributed by atoms with Gasteiger partial charge in [0.05, 0.1) is 32.8 Å². The Morgan fingerprint density at radius 2 is 0.939 bits per heavy atom. The van der Waals surface area contributed by atoms with Gasteiger partial charge in [0.15, 0.2) is 0 Å². The standard InChI is InChI=1S/C47H87N9O10/c1-15-17-18-19-20-21-22-48-33(23-29(3)4)40(60)55-46(10,11)44(64)50-26-36(57)49-27-37(58)52-34(24-30(5)6)41(61)56-47(12,13)45(65)51-28-38(59)54-39(32(9)16-2)42(62)53-35(25-31(7)8)43(63)66-14/h29-35,39,48H,15-28H2,1-14H3,(H,49,57)(H,50,64)(H,51,65)(H,52,58)(H,53,62)(H,54,59)(H,55,60)(H,56,61)/t32-,33-,34-,35-,39-/m0/s1. The van der Waals surface area contributed by atoms with Gasteiger partial charge < -0.3 is 52.6 Å². The fourth-order valence-electron chi connectivity index (χ4n) is 6.81. The van der Waals surface area contributed by atoms with Crippen molar-refractivity contribution in [2.75, 3.05) is 33.3 Å². The summed E-state index contributed by atoms with van der Waals surface area (Å²) in [5.41, 5.74) is -2.91. The lowest BCUT2D eigenvalue weighted by Gasteiger charge is -2.29. The third-order valence-corrected chi connectivity index (χ3v) is 10.9. The third kappa shape index (κ3) is 25.2. The van der Waals surface area contributed by atoms with Gasteiger partial charge in [-0.3, -0.25) is 38.4 Å². The van der Waals surface area contributed by atoms with E-state index in [1.807, 2.05) is 48.5 Å². The number of rotatable bonds is 33. The first-order valence-corrected chi connectivity index (χ1v) is 23.9. The summed E-state index contributed by atoms with van der Waals surface area (Å²) in [5, 5.41) is 24.1. The highest BCUT2D eigenvalue weighted by Gasteiger charge is 2.36. The van der Waals surface area contributed by atoms with E-state index in [0.717, 1.165) is 19.3 Å². The Kier molecular flexibility index (Phi) is 28.9. The Hall–Kier alpha value is -4.81. The molecule has 0 aromatic heterocycles. The maximum absolute atomic E-state index is 13.5. The zero-order valence-electron chi connectivity index (χ0n) is 42.6. The van der Waals surface area contributed by atoms with Gasteiger partial charge in [-0.05, 0) is 83.6 Å². The van der Waals surface area contributed by atoms with Crippen LogP contribution < -0.4 is 47.9 Å². The topological polar surface area (TPSA) is 271 Å². The maximum Gasteiger partial charge on any atom is 0.328 e. The van der Waals surface area contributed by atoms with Gasteiger partial charge in [-0.2, -0.15) is 0 Å². The van der Waals surface area contributed by atoms with E-state index in [-0.39, 0.29) is 36.0 Å². The molecule has 0 spiro atoms. The van der Waals surface area contributed by atoms with Crippen LogP contribution in [0.2, 0.25) is 0 Å². The number of carbonyl (C=O) groups is 9. The number of esters is 1. The van der Waals surface area contributed by atoms with E-state index < -0.39 is 102 Å². The number of methoxy groups -OCH3 is 1. The molecule has 9 N–H and O–H groups in total. The van der Waals surface area contributed by atoms with Crippen molar-refractivity contribution in [3.8, 4) is 0 Å². The Morgan fingerprint density at radius 1 is 0.500 bits per heavy atom. The van der Waals surface area contributed by atoms with Crippen LogP contribution in [0.25, 0.3) is 0 Å². The Morgan fingerprint density at radius 3 is 1.44 bits per heavy atom. The molecule has 0 fully saturated rings. The zero-order chi connectivity index (χ0) is 50.8. The van der Waals surface area contributed by atoms with E-state index >= 15 is 0 Å². The summed E-state index contributed by atoms with van der Waals surface area (Å²) in [6.45, 7) is 22.4. The van der Waals surface area contributed by atoms with Crippen molar-refractivity contribution in [3.05, 3.63) is 0 Å². The fourth-order valence-corrected chi connectivity index (χ4v) is 6.81. The molecule has 19 heteroatoms. The van der Waals surface area contributed by atoms with Crippen molar-refractivity contribution in [2.24, 2.45) is 23.7 Å². The Labute approximate surface area is 394 Å². The highest BCUT2D eigenvalue weighted by molar-refractivity contribution is 5.97. The number of hydrogen-bond acceptors (Lipinski definition) is 11. The number of hydrogen-bond donors (Lipinski definition) is 9. The van der Waals surface area contributed by atoms with E-state index in [4.69, 9.17) is 4.74 Å². The van der Waals surface area contributed by atoms with Crippen molar-refractivity contribution < 1.29 is 47.9 Å². The van der Waals surface area contributed by atoms with Gasteiger partial charge in [-0.15, -0.1) is 0 Å². The molecule has 8 amide bonds. The summed E-state index contributed by atoms with van der Waals surface area (Å²) < 4.78 is 4.84. The van der Waals surface area contributed by atoms with Crippen LogP contribution in [0.5, 0.6) is 0 Å². The van der Waals surface area contributed by atoms with E-state index in [1.54, 1.807) is 20.8 Å². The molecule has 0 bridgehead atoms. The number of ether oxygens (including phenoxy) is 1.